The number of carboxylic acids is 1. The van der Waals surface area contributed by atoms with Gasteiger partial charge in [-0.1, -0.05) is 0 Å². The summed E-state index contributed by atoms with van der Waals surface area (Å²) in [5, 5.41) is 24.2. The summed E-state index contributed by atoms with van der Waals surface area (Å²) in [4.78, 5) is 39.6. The van der Waals surface area contributed by atoms with Crippen molar-refractivity contribution in [2.24, 2.45) is 5.92 Å². The van der Waals surface area contributed by atoms with E-state index in [-0.39, 0.29) is 22.8 Å². The molecule has 1 aliphatic heterocycles. The first kappa shape index (κ1) is 16.6. The number of hydrogen-bond donors (Lipinski definition) is 1. The summed E-state index contributed by atoms with van der Waals surface area (Å²) < 4.78 is 1.25. The van der Waals surface area contributed by atoms with Gasteiger partial charge in [0, 0.05) is 24.7 Å². The fraction of sp³-hybridized carbons (Fsp3) is 0.333. The van der Waals surface area contributed by atoms with Crippen molar-refractivity contribution >= 4 is 17.6 Å². The van der Waals surface area contributed by atoms with E-state index in [1.165, 1.54) is 40.4 Å². The van der Waals surface area contributed by atoms with E-state index in [0.29, 0.717) is 25.9 Å². The molecule has 0 unspecified atom stereocenters. The van der Waals surface area contributed by atoms with Gasteiger partial charge in [-0.25, -0.2) is 9.67 Å². The number of nitro benzene ring substituents is 1. The second-order valence-electron chi connectivity index (χ2n) is 5.71. The molecule has 10 heteroatoms. The molecule has 0 aliphatic carbocycles. The highest BCUT2D eigenvalue weighted by Gasteiger charge is 2.28. The number of likely N-dealkylation sites (tertiary alicyclic amines) is 1. The van der Waals surface area contributed by atoms with Crippen LogP contribution in [-0.4, -0.2) is 54.7 Å². The van der Waals surface area contributed by atoms with Crippen molar-refractivity contribution in [2.45, 2.75) is 12.8 Å². The topological polar surface area (TPSA) is 131 Å². The van der Waals surface area contributed by atoms with Crippen LogP contribution < -0.4 is 0 Å². The van der Waals surface area contributed by atoms with E-state index in [9.17, 15) is 19.7 Å². The largest absolute Gasteiger partial charge is 0.481 e. The molecule has 2 aromatic rings. The maximum atomic E-state index is 12.6. The molecule has 1 amide bonds. The first-order valence-electron chi connectivity index (χ1n) is 7.63. The minimum atomic E-state index is -0.861. The van der Waals surface area contributed by atoms with Gasteiger partial charge in [0.2, 0.25) is 0 Å². The Balaban J connectivity index is 1.83. The molecule has 1 fully saturated rings. The van der Waals surface area contributed by atoms with Crippen LogP contribution in [0.3, 0.4) is 0 Å². The highest BCUT2D eigenvalue weighted by Crippen LogP contribution is 2.25. The number of hydrogen-bond acceptors (Lipinski definition) is 6. The maximum Gasteiger partial charge on any atom is 0.306 e. The molecule has 0 atom stereocenters. The molecule has 130 valence electrons. The van der Waals surface area contributed by atoms with E-state index in [2.05, 4.69) is 10.1 Å². The second-order valence-corrected chi connectivity index (χ2v) is 5.71. The summed E-state index contributed by atoms with van der Waals surface area (Å²) in [5.41, 5.74) is 0.143. The zero-order valence-corrected chi connectivity index (χ0v) is 13.1. The van der Waals surface area contributed by atoms with Crippen LogP contribution in [0.25, 0.3) is 5.69 Å². The number of aliphatic carboxylic acids is 1. The molecule has 3 rings (SSSR count). The third-order valence-electron chi connectivity index (χ3n) is 4.22. The Hall–Kier alpha value is -3.30. The van der Waals surface area contributed by atoms with Crippen LogP contribution in [0.15, 0.2) is 30.9 Å². The lowest BCUT2D eigenvalue weighted by molar-refractivity contribution is -0.384. The summed E-state index contributed by atoms with van der Waals surface area (Å²) in [7, 11) is 0. The van der Waals surface area contributed by atoms with Crippen molar-refractivity contribution < 1.29 is 19.6 Å². The van der Waals surface area contributed by atoms with Crippen LogP contribution in [-0.2, 0) is 4.79 Å². The van der Waals surface area contributed by atoms with Gasteiger partial charge in [-0.3, -0.25) is 19.7 Å². The number of carbonyl (C=O) groups excluding carboxylic acids is 1. The summed E-state index contributed by atoms with van der Waals surface area (Å²) >= 11 is 0. The van der Waals surface area contributed by atoms with Gasteiger partial charge in [-0.15, -0.1) is 0 Å². The Morgan fingerprint density at radius 1 is 1.28 bits per heavy atom. The van der Waals surface area contributed by atoms with Crippen molar-refractivity contribution in [2.75, 3.05) is 13.1 Å². The molecule has 0 bridgehead atoms. The first-order chi connectivity index (χ1) is 12.0. The Morgan fingerprint density at radius 3 is 2.56 bits per heavy atom. The summed E-state index contributed by atoms with van der Waals surface area (Å²) in [5.74, 6) is -1.66. The lowest BCUT2D eigenvalue weighted by Gasteiger charge is -2.30. The maximum absolute atomic E-state index is 12.6. The molecule has 1 aromatic carbocycles. The fourth-order valence-corrected chi connectivity index (χ4v) is 2.84. The van der Waals surface area contributed by atoms with Crippen molar-refractivity contribution in [1.82, 2.24) is 19.7 Å². The number of nitro groups is 1. The molecule has 1 aromatic heterocycles. The monoisotopic (exact) mass is 345 g/mol. The number of aromatic nitrogens is 3. The molecule has 2 heterocycles. The van der Waals surface area contributed by atoms with Crippen LogP contribution in [0.5, 0.6) is 0 Å². The van der Waals surface area contributed by atoms with E-state index < -0.39 is 16.8 Å². The highest BCUT2D eigenvalue weighted by atomic mass is 16.6. The Kier molecular flexibility index (Phi) is 4.42. The highest BCUT2D eigenvalue weighted by molar-refractivity contribution is 5.95. The summed E-state index contributed by atoms with van der Waals surface area (Å²) in [6.45, 7) is 0.628. The third kappa shape index (κ3) is 3.32. The Morgan fingerprint density at radius 2 is 2.00 bits per heavy atom. The molecule has 1 aliphatic rings. The number of benzene rings is 1. The predicted molar refractivity (Wildman–Crippen MR) is 84.3 cm³/mol. The van der Waals surface area contributed by atoms with E-state index >= 15 is 0 Å². The number of nitrogens with zero attached hydrogens (tertiary/aromatic N) is 5. The molecule has 0 saturated carbocycles. The van der Waals surface area contributed by atoms with Crippen LogP contribution in [0, 0.1) is 16.0 Å². The SMILES string of the molecule is O=C(O)C1CCN(C(=O)c2ccc(-n3cncn3)c([N+](=O)[O-])c2)CC1. The number of carbonyl (C=O) groups is 2. The van der Waals surface area contributed by atoms with E-state index in [1.807, 2.05) is 0 Å². The molecule has 10 nitrogen and oxygen atoms in total. The Labute approximate surface area is 141 Å². The molecule has 0 spiro atoms. The van der Waals surface area contributed by atoms with E-state index in [4.69, 9.17) is 5.11 Å². The zero-order chi connectivity index (χ0) is 18.0. The van der Waals surface area contributed by atoms with Gasteiger partial charge in [-0.05, 0) is 25.0 Å². The number of carboxylic acid groups (broad SMARTS) is 1. The lowest BCUT2D eigenvalue weighted by atomic mass is 9.96. The van der Waals surface area contributed by atoms with Crippen molar-refractivity contribution in [3.8, 4) is 5.69 Å². The van der Waals surface area contributed by atoms with Crippen molar-refractivity contribution in [1.29, 1.82) is 0 Å². The third-order valence-corrected chi connectivity index (χ3v) is 4.22. The standard InChI is InChI=1S/C15H15N5O5/c21-14(18-5-3-10(4-6-18)15(22)23)11-1-2-12(13(7-11)20(24)25)19-9-16-8-17-19/h1-2,7-10H,3-6H2,(H,22,23). The van der Waals surface area contributed by atoms with Gasteiger partial charge in [0.25, 0.3) is 11.6 Å². The molecule has 1 N–H and O–H groups in total. The van der Waals surface area contributed by atoms with Gasteiger partial charge < -0.3 is 10.0 Å². The number of rotatable bonds is 4. The normalized spacial score (nSPS) is 15.1. The molecule has 25 heavy (non-hydrogen) atoms. The fourth-order valence-electron chi connectivity index (χ4n) is 2.84. The molecule has 1 saturated heterocycles. The van der Waals surface area contributed by atoms with Crippen molar-refractivity contribution in [3.63, 3.8) is 0 Å². The van der Waals surface area contributed by atoms with Gasteiger partial charge in [0.1, 0.15) is 18.3 Å². The Bertz CT molecular complexity index is 812. The number of amides is 1. The van der Waals surface area contributed by atoms with Gasteiger partial charge in [0.15, 0.2) is 0 Å². The average Bonchev–Trinajstić information content (AvgIpc) is 3.15. The smallest absolute Gasteiger partial charge is 0.306 e. The predicted octanol–water partition coefficient (Wildman–Crippen LogP) is 1.11. The van der Waals surface area contributed by atoms with Crippen molar-refractivity contribution in [3.05, 3.63) is 46.5 Å². The molecular weight excluding hydrogens is 330 g/mol. The van der Waals surface area contributed by atoms with E-state index in [1.54, 1.807) is 0 Å². The summed E-state index contributed by atoms with van der Waals surface area (Å²) in [6, 6.07) is 4.16. The van der Waals surface area contributed by atoms with E-state index in [0.717, 1.165) is 0 Å². The zero-order valence-electron chi connectivity index (χ0n) is 13.1. The second kappa shape index (κ2) is 6.67. The van der Waals surface area contributed by atoms with Crippen LogP contribution >= 0.6 is 0 Å². The van der Waals surface area contributed by atoms with Gasteiger partial charge >= 0.3 is 5.97 Å². The minimum absolute atomic E-state index is 0.185. The van der Waals surface area contributed by atoms with Crippen LogP contribution in [0.4, 0.5) is 5.69 Å². The number of piperidine rings is 1. The average molecular weight is 345 g/mol. The molecule has 0 radical (unpaired) electrons. The summed E-state index contributed by atoms with van der Waals surface area (Å²) in [6.07, 6.45) is 3.34. The van der Waals surface area contributed by atoms with Crippen LogP contribution in [0.1, 0.15) is 23.2 Å². The quantitative estimate of drug-likeness (QED) is 0.648. The van der Waals surface area contributed by atoms with Gasteiger partial charge in [-0.2, -0.15) is 5.10 Å². The first-order valence-corrected chi connectivity index (χ1v) is 7.63. The van der Waals surface area contributed by atoms with Crippen LogP contribution in [0.2, 0.25) is 0 Å². The molecular formula is C15H15N5O5. The van der Waals surface area contributed by atoms with Gasteiger partial charge in [0.05, 0.1) is 10.8 Å². The lowest BCUT2D eigenvalue weighted by Crippen LogP contribution is -2.40. The minimum Gasteiger partial charge on any atom is -0.481 e.